The number of amides is 1. The van der Waals surface area contributed by atoms with E-state index in [1.165, 1.54) is 4.88 Å². The summed E-state index contributed by atoms with van der Waals surface area (Å²) in [4.78, 5) is 26.3. The molecule has 5 rings (SSSR count). The molecule has 0 bridgehead atoms. The molecule has 10 nitrogen and oxygen atoms in total. The average molecular weight is 508 g/mol. The first-order valence-electron chi connectivity index (χ1n) is 11.9. The standard InChI is InChI=1S/C25H29N7O3S/c1-14-10-11-17(36-14)19(25(2,3)4)27-21-20(28-22-23(29-21)31-35-30-22)26-16-9-7-8-15(18(16)33)24(34)32-12-5-6-13-32/h7-11,19,33H,5-6,12-13H2,1-4H3,(H,26,28,30)(H,27,29,31)/t19-/m0/s1. The summed E-state index contributed by atoms with van der Waals surface area (Å²) in [5, 5.41) is 25.4. The quantitative estimate of drug-likeness (QED) is 0.299. The fourth-order valence-electron chi connectivity index (χ4n) is 4.32. The number of nitrogens with zero attached hydrogens (tertiary/aromatic N) is 5. The van der Waals surface area contributed by atoms with E-state index in [4.69, 9.17) is 4.63 Å². The highest BCUT2D eigenvalue weighted by atomic mass is 32.1. The summed E-state index contributed by atoms with van der Waals surface area (Å²) in [6.07, 6.45) is 1.94. The third-order valence-electron chi connectivity index (χ3n) is 6.22. The Hall–Kier alpha value is -3.73. The Morgan fingerprint density at radius 2 is 1.78 bits per heavy atom. The summed E-state index contributed by atoms with van der Waals surface area (Å²) in [5.41, 5.74) is 0.923. The highest BCUT2D eigenvalue weighted by Gasteiger charge is 2.30. The Morgan fingerprint density at radius 3 is 2.42 bits per heavy atom. The number of rotatable bonds is 6. The number of phenolic OH excluding ortho intramolecular Hbond substituents is 1. The summed E-state index contributed by atoms with van der Waals surface area (Å²) in [5.74, 6) is 0.443. The molecule has 3 N–H and O–H groups in total. The maximum absolute atomic E-state index is 13.0. The molecule has 4 heterocycles. The zero-order valence-corrected chi connectivity index (χ0v) is 21.5. The van der Waals surface area contributed by atoms with Crippen molar-refractivity contribution in [1.82, 2.24) is 25.2 Å². The SMILES string of the molecule is Cc1ccc([C@H](Nc2nc3nonc3nc2Nc2cccc(C(=O)N3CCCC3)c2O)C(C)(C)C)s1. The van der Waals surface area contributed by atoms with Gasteiger partial charge in [-0.2, -0.15) is 0 Å². The van der Waals surface area contributed by atoms with Gasteiger partial charge in [-0.15, -0.1) is 11.3 Å². The largest absolute Gasteiger partial charge is 0.505 e. The lowest BCUT2D eigenvalue weighted by molar-refractivity contribution is 0.0790. The number of para-hydroxylation sites is 1. The van der Waals surface area contributed by atoms with E-state index in [1.807, 2.05) is 0 Å². The van der Waals surface area contributed by atoms with Gasteiger partial charge in [0.15, 0.2) is 17.4 Å². The van der Waals surface area contributed by atoms with Gasteiger partial charge in [-0.3, -0.25) is 4.79 Å². The highest BCUT2D eigenvalue weighted by Crippen LogP contribution is 2.41. The fourth-order valence-corrected chi connectivity index (χ4v) is 5.49. The average Bonchev–Trinajstić information content (AvgIpc) is 3.59. The Morgan fingerprint density at radius 1 is 1.08 bits per heavy atom. The fraction of sp³-hybridized carbons (Fsp3) is 0.400. The van der Waals surface area contributed by atoms with E-state index in [9.17, 15) is 9.90 Å². The Labute approximate surface area is 212 Å². The van der Waals surface area contributed by atoms with Gasteiger partial charge in [-0.25, -0.2) is 14.6 Å². The van der Waals surface area contributed by atoms with Crippen LogP contribution >= 0.6 is 11.3 Å². The summed E-state index contributed by atoms with van der Waals surface area (Å²) < 4.78 is 4.84. The zero-order chi connectivity index (χ0) is 25.4. The smallest absolute Gasteiger partial charge is 0.257 e. The number of aryl methyl sites for hydroxylation is 1. The number of phenols is 1. The highest BCUT2D eigenvalue weighted by molar-refractivity contribution is 7.12. The molecule has 1 aromatic carbocycles. The van der Waals surface area contributed by atoms with Gasteiger partial charge in [-0.1, -0.05) is 26.8 Å². The molecule has 0 spiro atoms. The second kappa shape index (κ2) is 9.38. The van der Waals surface area contributed by atoms with Gasteiger partial charge in [-0.05, 0) is 59.8 Å². The predicted octanol–water partition coefficient (Wildman–Crippen LogP) is 5.27. The van der Waals surface area contributed by atoms with Gasteiger partial charge in [0, 0.05) is 22.8 Å². The molecule has 0 saturated carbocycles. The van der Waals surface area contributed by atoms with Gasteiger partial charge in [0.2, 0.25) is 11.3 Å². The van der Waals surface area contributed by atoms with Crippen LogP contribution in [0, 0.1) is 12.3 Å². The lowest BCUT2D eigenvalue weighted by atomic mass is 9.86. The molecule has 1 aliphatic rings. The molecule has 36 heavy (non-hydrogen) atoms. The second-order valence-corrected chi connectivity index (χ2v) is 11.4. The lowest BCUT2D eigenvalue weighted by Gasteiger charge is -2.31. The van der Waals surface area contributed by atoms with Gasteiger partial charge in [0.05, 0.1) is 17.3 Å². The van der Waals surface area contributed by atoms with Crippen LogP contribution in [0.5, 0.6) is 5.75 Å². The summed E-state index contributed by atoms with van der Waals surface area (Å²) in [7, 11) is 0. The minimum Gasteiger partial charge on any atom is -0.505 e. The Kier molecular flexibility index (Phi) is 6.25. The van der Waals surface area contributed by atoms with E-state index in [0.29, 0.717) is 30.4 Å². The van der Waals surface area contributed by atoms with Crippen molar-refractivity contribution in [2.24, 2.45) is 5.41 Å². The van der Waals surface area contributed by atoms with Crippen LogP contribution in [0.1, 0.15) is 59.8 Å². The van der Waals surface area contributed by atoms with Crippen LogP contribution < -0.4 is 10.6 Å². The van der Waals surface area contributed by atoms with Gasteiger partial charge >= 0.3 is 0 Å². The van der Waals surface area contributed by atoms with E-state index in [1.54, 1.807) is 34.4 Å². The Balaban J connectivity index is 1.52. The molecule has 11 heteroatoms. The van der Waals surface area contributed by atoms with Crippen LogP contribution in [-0.2, 0) is 0 Å². The molecular formula is C25H29N7O3S. The maximum Gasteiger partial charge on any atom is 0.257 e. The van der Waals surface area contributed by atoms with Crippen molar-refractivity contribution in [3.05, 3.63) is 45.6 Å². The number of thiophene rings is 1. The van der Waals surface area contributed by atoms with Crippen LogP contribution in [0.4, 0.5) is 17.3 Å². The van der Waals surface area contributed by atoms with Gasteiger partial charge in [0.25, 0.3) is 5.91 Å². The van der Waals surface area contributed by atoms with Gasteiger partial charge in [0.1, 0.15) is 0 Å². The van der Waals surface area contributed by atoms with Crippen LogP contribution in [0.15, 0.2) is 35.0 Å². The van der Waals surface area contributed by atoms with Crippen molar-refractivity contribution >= 4 is 45.9 Å². The summed E-state index contributed by atoms with van der Waals surface area (Å²) in [6, 6.07) is 9.17. The van der Waals surface area contributed by atoms with E-state index in [0.717, 1.165) is 17.7 Å². The van der Waals surface area contributed by atoms with Crippen LogP contribution in [0.3, 0.4) is 0 Å². The van der Waals surface area contributed by atoms with Crippen molar-refractivity contribution in [2.75, 3.05) is 23.7 Å². The number of carbonyl (C=O) groups is 1. The van der Waals surface area contributed by atoms with Crippen LogP contribution in [0.2, 0.25) is 0 Å². The molecule has 1 fully saturated rings. The topological polar surface area (TPSA) is 129 Å². The Bertz CT molecular complexity index is 1400. The first-order valence-corrected chi connectivity index (χ1v) is 12.7. The molecule has 0 unspecified atom stereocenters. The molecule has 0 radical (unpaired) electrons. The number of carbonyl (C=O) groups excluding carboxylic acids is 1. The summed E-state index contributed by atoms with van der Waals surface area (Å²) >= 11 is 1.72. The van der Waals surface area contributed by atoms with Crippen molar-refractivity contribution in [3.63, 3.8) is 0 Å². The lowest BCUT2D eigenvalue weighted by Crippen LogP contribution is -2.27. The first kappa shape index (κ1) is 24.0. The van der Waals surface area contributed by atoms with Crippen LogP contribution in [-0.4, -0.2) is 49.3 Å². The van der Waals surface area contributed by atoms with E-state index in [-0.39, 0.29) is 40.0 Å². The minimum atomic E-state index is -0.185. The maximum atomic E-state index is 13.0. The van der Waals surface area contributed by atoms with E-state index in [2.05, 4.69) is 70.7 Å². The predicted molar refractivity (Wildman–Crippen MR) is 139 cm³/mol. The number of likely N-dealkylation sites (tertiary alicyclic amines) is 1. The number of anilines is 3. The molecule has 4 aromatic rings. The number of benzene rings is 1. The number of aromatic nitrogens is 4. The van der Waals surface area contributed by atoms with Crippen LogP contribution in [0.25, 0.3) is 11.3 Å². The summed E-state index contributed by atoms with van der Waals surface area (Å²) in [6.45, 7) is 9.91. The normalized spacial score (nSPS) is 14.8. The van der Waals surface area contributed by atoms with Crippen molar-refractivity contribution in [2.45, 2.75) is 46.6 Å². The molecule has 3 aromatic heterocycles. The minimum absolute atomic E-state index is 0.0833. The van der Waals surface area contributed by atoms with E-state index < -0.39 is 0 Å². The van der Waals surface area contributed by atoms with Crippen molar-refractivity contribution in [3.8, 4) is 5.75 Å². The zero-order valence-electron chi connectivity index (χ0n) is 20.7. The molecule has 0 aliphatic carbocycles. The number of hydrogen-bond acceptors (Lipinski definition) is 10. The number of aromatic hydroxyl groups is 1. The monoisotopic (exact) mass is 507 g/mol. The van der Waals surface area contributed by atoms with Crippen molar-refractivity contribution < 1.29 is 14.5 Å². The number of hydrogen-bond donors (Lipinski definition) is 3. The second-order valence-electron chi connectivity index (χ2n) is 10.1. The molecular weight excluding hydrogens is 478 g/mol. The molecule has 188 valence electrons. The molecule has 1 amide bonds. The third-order valence-corrected chi connectivity index (χ3v) is 7.29. The number of fused-ring (bicyclic) bond motifs is 1. The molecule has 1 atom stereocenters. The molecule has 1 aliphatic heterocycles. The number of nitrogens with one attached hydrogen (secondary N) is 2. The van der Waals surface area contributed by atoms with Gasteiger partial charge < -0.3 is 20.6 Å². The third kappa shape index (κ3) is 4.70. The molecule has 1 saturated heterocycles. The first-order chi connectivity index (χ1) is 17.2. The van der Waals surface area contributed by atoms with Crippen molar-refractivity contribution in [1.29, 1.82) is 0 Å². The van der Waals surface area contributed by atoms with E-state index >= 15 is 0 Å².